The highest BCUT2D eigenvalue weighted by atomic mass is 32.2. The molecule has 0 heterocycles. The first-order valence-corrected chi connectivity index (χ1v) is 8.07. The van der Waals surface area contributed by atoms with E-state index in [1.165, 1.54) is 17.3 Å². The molecule has 1 aromatic carbocycles. The molecule has 0 aromatic heterocycles. The van der Waals surface area contributed by atoms with Crippen LogP contribution in [0.1, 0.15) is 38.7 Å². The van der Waals surface area contributed by atoms with Crippen molar-refractivity contribution in [1.29, 1.82) is 0 Å². The number of carboxylic acid groups (broad SMARTS) is 1. The minimum atomic E-state index is -0.782. The summed E-state index contributed by atoms with van der Waals surface area (Å²) in [6.45, 7) is 4.16. The molecule has 0 aliphatic heterocycles. The molecule has 0 aliphatic carbocycles. The van der Waals surface area contributed by atoms with Crippen molar-refractivity contribution in [3.8, 4) is 0 Å². The smallest absolute Gasteiger partial charge is 0.303 e. The lowest BCUT2D eigenvalue weighted by atomic mass is 9.91. The number of benzene rings is 1. The molecule has 0 saturated heterocycles. The predicted molar refractivity (Wildman–Crippen MR) is 83.6 cm³/mol. The summed E-state index contributed by atoms with van der Waals surface area (Å²) in [6, 6.07) is 9.99. The second-order valence-corrected chi connectivity index (χ2v) is 6.75. The molecule has 1 aromatic rings. The summed E-state index contributed by atoms with van der Waals surface area (Å²) in [6.07, 6.45) is 1.53. The van der Waals surface area contributed by atoms with Crippen LogP contribution in [0.25, 0.3) is 0 Å². The van der Waals surface area contributed by atoms with Crippen LogP contribution < -0.4 is 0 Å². The number of aliphatic hydroxyl groups is 1. The molecule has 0 fully saturated rings. The summed E-state index contributed by atoms with van der Waals surface area (Å²) in [7, 11) is 0. The first kappa shape index (κ1) is 17.1. The minimum absolute atomic E-state index is 0.0470. The Morgan fingerprint density at radius 3 is 2.40 bits per heavy atom. The molecule has 0 bridgehead atoms. The van der Waals surface area contributed by atoms with Crippen LogP contribution >= 0.6 is 11.8 Å². The normalized spacial score (nSPS) is 14.2. The van der Waals surface area contributed by atoms with Gasteiger partial charge in [-0.15, -0.1) is 11.8 Å². The Hall–Kier alpha value is -1.00. The van der Waals surface area contributed by atoms with Gasteiger partial charge in [-0.2, -0.15) is 0 Å². The van der Waals surface area contributed by atoms with Crippen molar-refractivity contribution in [2.24, 2.45) is 11.8 Å². The number of carboxylic acids is 1. The fraction of sp³-hybridized carbons (Fsp3) is 0.562. The van der Waals surface area contributed by atoms with E-state index < -0.39 is 11.4 Å². The van der Waals surface area contributed by atoms with Gasteiger partial charge in [-0.05, 0) is 30.2 Å². The molecule has 112 valence electrons. The monoisotopic (exact) mass is 296 g/mol. The number of aliphatic hydroxyl groups excluding tert-OH is 1. The zero-order valence-corrected chi connectivity index (χ0v) is 13.0. The van der Waals surface area contributed by atoms with Crippen molar-refractivity contribution in [2.75, 3.05) is 0 Å². The van der Waals surface area contributed by atoms with Crippen LogP contribution in [0.4, 0.5) is 0 Å². The molecule has 0 aliphatic rings. The molecular weight excluding hydrogens is 272 g/mol. The van der Waals surface area contributed by atoms with Crippen molar-refractivity contribution in [3.63, 3.8) is 0 Å². The average Bonchev–Trinajstić information content (AvgIpc) is 2.36. The molecule has 0 unspecified atom stereocenters. The number of aliphatic carboxylic acids is 1. The molecule has 0 spiro atoms. The van der Waals surface area contributed by atoms with Crippen LogP contribution in [0, 0.1) is 11.8 Å². The fourth-order valence-corrected chi connectivity index (χ4v) is 3.28. The molecule has 0 radical (unpaired) electrons. The van der Waals surface area contributed by atoms with E-state index in [2.05, 4.69) is 13.8 Å². The summed E-state index contributed by atoms with van der Waals surface area (Å²) in [5, 5.41) is 19.0. The zero-order valence-electron chi connectivity index (χ0n) is 12.2. The van der Waals surface area contributed by atoms with Crippen LogP contribution in [0.15, 0.2) is 30.3 Å². The predicted octanol–water partition coefficient (Wildman–Crippen LogP) is 3.77. The first-order valence-electron chi connectivity index (χ1n) is 7.02. The molecule has 1 rings (SSSR count). The van der Waals surface area contributed by atoms with Gasteiger partial charge >= 0.3 is 5.97 Å². The Morgan fingerprint density at radius 1 is 1.20 bits per heavy atom. The lowest BCUT2D eigenvalue weighted by molar-refractivity contribution is -0.138. The van der Waals surface area contributed by atoms with Gasteiger partial charge in [0.25, 0.3) is 0 Å². The van der Waals surface area contributed by atoms with E-state index in [1.54, 1.807) is 0 Å². The van der Waals surface area contributed by atoms with Gasteiger partial charge in [0.15, 0.2) is 0 Å². The highest BCUT2D eigenvalue weighted by molar-refractivity contribution is 7.98. The average molecular weight is 296 g/mol. The Kier molecular flexibility index (Phi) is 7.70. The van der Waals surface area contributed by atoms with Crippen LogP contribution in [-0.4, -0.2) is 21.6 Å². The van der Waals surface area contributed by atoms with Gasteiger partial charge in [0.1, 0.15) is 0 Å². The molecule has 0 saturated carbocycles. The van der Waals surface area contributed by atoms with E-state index in [4.69, 9.17) is 5.11 Å². The van der Waals surface area contributed by atoms with Crippen molar-refractivity contribution in [2.45, 2.75) is 44.3 Å². The second kappa shape index (κ2) is 9.03. The van der Waals surface area contributed by atoms with E-state index in [1.807, 2.05) is 30.3 Å². The van der Waals surface area contributed by atoms with Crippen LogP contribution in [0.2, 0.25) is 0 Å². The fourth-order valence-electron chi connectivity index (χ4n) is 2.30. The van der Waals surface area contributed by atoms with E-state index in [9.17, 15) is 9.90 Å². The van der Waals surface area contributed by atoms with Crippen LogP contribution in [0.5, 0.6) is 0 Å². The molecule has 3 nitrogen and oxygen atoms in total. The maximum atomic E-state index is 10.9. The summed E-state index contributed by atoms with van der Waals surface area (Å²) < 4.78 is 0. The van der Waals surface area contributed by atoms with Gasteiger partial charge in [0, 0.05) is 12.2 Å². The van der Waals surface area contributed by atoms with Crippen molar-refractivity contribution in [1.82, 2.24) is 0 Å². The summed E-state index contributed by atoms with van der Waals surface area (Å²) in [5.41, 5.74) is 0.675. The summed E-state index contributed by atoms with van der Waals surface area (Å²) in [4.78, 5) is 10.9. The van der Waals surface area contributed by atoms with Gasteiger partial charge in [0.2, 0.25) is 0 Å². The third-order valence-corrected chi connectivity index (χ3v) is 4.17. The number of carbonyl (C=O) groups is 1. The van der Waals surface area contributed by atoms with Gasteiger partial charge in [0.05, 0.1) is 5.44 Å². The first-order chi connectivity index (χ1) is 9.47. The Labute approximate surface area is 125 Å². The standard InChI is InChI=1S/C16H24O3S/c1-12(2)8-14(9-15(17)18)10-16(19)20-11-13-6-4-3-5-7-13/h3-7,12,14,16,19H,8-11H2,1-2H3,(H,17,18)/t14-,16-/m1/s1. The van der Waals surface area contributed by atoms with E-state index in [0.717, 1.165) is 12.2 Å². The number of hydrogen-bond donors (Lipinski definition) is 2. The number of rotatable bonds is 9. The Balaban J connectivity index is 2.40. The summed E-state index contributed by atoms with van der Waals surface area (Å²) in [5.74, 6) is 0.469. The maximum Gasteiger partial charge on any atom is 0.303 e. The highest BCUT2D eigenvalue weighted by Crippen LogP contribution is 2.27. The third-order valence-electron chi connectivity index (χ3n) is 3.09. The SMILES string of the molecule is CC(C)C[C@H](CC(=O)O)C[C@H](O)SCc1ccccc1. The number of hydrogen-bond acceptors (Lipinski definition) is 3. The number of thioether (sulfide) groups is 1. The summed E-state index contributed by atoms with van der Waals surface area (Å²) >= 11 is 1.47. The van der Waals surface area contributed by atoms with Crippen molar-refractivity contribution < 1.29 is 15.0 Å². The molecule has 20 heavy (non-hydrogen) atoms. The molecule has 4 heteroatoms. The Bertz CT molecular complexity index is 392. The van der Waals surface area contributed by atoms with Crippen LogP contribution in [0.3, 0.4) is 0 Å². The van der Waals surface area contributed by atoms with E-state index in [-0.39, 0.29) is 12.3 Å². The molecule has 2 N–H and O–H groups in total. The molecular formula is C16H24O3S. The zero-order chi connectivity index (χ0) is 15.0. The lowest BCUT2D eigenvalue weighted by Gasteiger charge is -2.20. The Morgan fingerprint density at radius 2 is 1.85 bits per heavy atom. The molecule has 0 amide bonds. The quantitative estimate of drug-likeness (QED) is 0.681. The minimum Gasteiger partial charge on any atom is -0.481 e. The van der Waals surface area contributed by atoms with Crippen LogP contribution in [-0.2, 0) is 10.5 Å². The largest absolute Gasteiger partial charge is 0.481 e. The third kappa shape index (κ3) is 7.56. The topological polar surface area (TPSA) is 57.5 Å². The second-order valence-electron chi connectivity index (χ2n) is 5.58. The van der Waals surface area contributed by atoms with Crippen molar-refractivity contribution >= 4 is 17.7 Å². The lowest BCUT2D eigenvalue weighted by Crippen LogP contribution is -2.16. The maximum absolute atomic E-state index is 10.9. The van der Waals surface area contributed by atoms with E-state index in [0.29, 0.717) is 12.3 Å². The van der Waals surface area contributed by atoms with Gasteiger partial charge < -0.3 is 10.2 Å². The van der Waals surface area contributed by atoms with Gasteiger partial charge in [-0.25, -0.2) is 0 Å². The van der Waals surface area contributed by atoms with Gasteiger partial charge in [-0.3, -0.25) is 4.79 Å². The highest BCUT2D eigenvalue weighted by Gasteiger charge is 2.19. The molecule has 2 atom stereocenters. The van der Waals surface area contributed by atoms with E-state index >= 15 is 0 Å². The van der Waals surface area contributed by atoms with Crippen molar-refractivity contribution in [3.05, 3.63) is 35.9 Å². The van der Waals surface area contributed by atoms with Gasteiger partial charge in [-0.1, -0.05) is 44.2 Å².